The first kappa shape index (κ1) is 8.97. The van der Waals surface area contributed by atoms with E-state index >= 15 is 0 Å². The van der Waals surface area contributed by atoms with Gasteiger partial charge in [0.25, 0.3) is 0 Å². The van der Waals surface area contributed by atoms with Gasteiger partial charge in [0.2, 0.25) is 0 Å². The highest BCUT2D eigenvalue weighted by molar-refractivity contribution is 4.46. The second-order valence-electron chi connectivity index (χ2n) is 3.48. The summed E-state index contributed by atoms with van der Waals surface area (Å²) in [6, 6.07) is 0. The maximum absolute atomic E-state index is 8.67. The Morgan fingerprint density at radius 2 is 2.00 bits per heavy atom. The van der Waals surface area contributed by atoms with E-state index in [1.165, 1.54) is 0 Å². The Morgan fingerprint density at radius 3 is 2.55 bits per heavy atom. The van der Waals surface area contributed by atoms with E-state index in [0.717, 1.165) is 43.8 Å². The van der Waals surface area contributed by atoms with Gasteiger partial charge in [-0.25, -0.2) is 0 Å². The highest BCUT2D eigenvalue weighted by Gasteiger charge is 2.23. The maximum atomic E-state index is 8.67. The van der Waals surface area contributed by atoms with Gasteiger partial charge in [-0.2, -0.15) is 0 Å². The molecular weight excluding hydrogens is 142 g/mol. The summed E-state index contributed by atoms with van der Waals surface area (Å²) in [4.78, 5) is 0. The molecule has 1 heterocycles. The predicted octanol–water partition coefficient (Wildman–Crippen LogP) is -0.154. The van der Waals surface area contributed by atoms with E-state index in [9.17, 15) is 0 Å². The molecule has 0 unspecified atom stereocenters. The number of hydrogen-bond donors (Lipinski definition) is 1. The SMILES string of the molecule is C[N+]1(CCCO)CCOCC1. The van der Waals surface area contributed by atoms with Crippen LogP contribution in [0.5, 0.6) is 0 Å². The van der Waals surface area contributed by atoms with Crippen LogP contribution in [0.3, 0.4) is 0 Å². The van der Waals surface area contributed by atoms with Crippen molar-refractivity contribution in [1.29, 1.82) is 0 Å². The molecule has 0 atom stereocenters. The molecule has 0 aliphatic carbocycles. The Morgan fingerprint density at radius 1 is 1.36 bits per heavy atom. The van der Waals surface area contributed by atoms with Crippen LogP contribution in [-0.4, -0.2) is 56.1 Å². The summed E-state index contributed by atoms with van der Waals surface area (Å²) in [5.41, 5.74) is 0. The van der Waals surface area contributed by atoms with Crippen LogP contribution in [0, 0.1) is 0 Å². The van der Waals surface area contributed by atoms with Crippen LogP contribution < -0.4 is 0 Å². The Hall–Kier alpha value is -0.120. The van der Waals surface area contributed by atoms with Crippen molar-refractivity contribution in [3.63, 3.8) is 0 Å². The predicted molar refractivity (Wildman–Crippen MR) is 43.3 cm³/mol. The molecule has 0 aromatic rings. The fourth-order valence-electron chi connectivity index (χ4n) is 1.46. The van der Waals surface area contributed by atoms with Crippen molar-refractivity contribution in [3.05, 3.63) is 0 Å². The Kier molecular flexibility index (Phi) is 3.30. The van der Waals surface area contributed by atoms with Crippen molar-refractivity contribution in [1.82, 2.24) is 0 Å². The van der Waals surface area contributed by atoms with Crippen LogP contribution in [0.25, 0.3) is 0 Å². The van der Waals surface area contributed by atoms with Crippen molar-refractivity contribution < 1.29 is 14.3 Å². The number of likely N-dealkylation sites (N-methyl/N-ethyl adjacent to an activating group) is 1. The van der Waals surface area contributed by atoms with E-state index in [1.807, 2.05) is 0 Å². The molecule has 11 heavy (non-hydrogen) atoms. The third kappa shape index (κ3) is 2.77. The van der Waals surface area contributed by atoms with Crippen molar-refractivity contribution in [2.45, 2.75) is 6.42 Å². The van der Waals surface area contributed by atoms with Gasteiger partial charge in [0, 0.05) is 13.0 Å². The summed E-state index contributed by atoms with van der Waals surface area (Å²) in [6.45, 7) is 5.35. The first-order valence-electron chi connectivity index (χ1n) is 4.29. The zero-order chi connectivity index (χ0) is 8.16. The van der Waals surface area contributed by atoms with E-state index in [1.54, 1.807) is 0 Å². The molecule has 1 aliphatic rings. The van der Waals surface area contributed by atoms with E-state index in [2.05, 4.69) is 7.05 Å². The number of hydrogen-bond acceptors (Lipinski definition) is 2. The minimum atomic E-state index is 0.314. The third-order valence-corrected chi connectivity index (χ3v) is 2.41. The lowest BCUT2D eigenvalue weighted by atomic mass is 10.3. The van der Waals surface area contributed by atoms with E-state index in [-0.39, 0.29) is 0 Å². The van der Waals surface area contributed by atoms with Crippen LogP contribution >= 0.6 is 0 Å². The van der Waals surface area contributed by atoms with Gasteiger partial charge >= 0.3 is 0 Å². The van der Waals surface area contributed by atoms with E-state index in [4.69, 9.17) is 9.84 Å². The smallest absolute Gasteiger partial charge is 0.102 e. The van der Waals surface area contributed by atoms with Crippen LogP contribution in [0.15, 0.2) is 0 Å². The summed E-state index contributed by atoms with van der Waals surface area (Å²) in [5, 5.41) is 8.67. The Bertz CT molecular complexity index is 111. The molecule has 0 aromatic heterocycles. The van der Waals surface area contributed by atoms with Crippen molar-refractivity contribution >= 4 is 0 Å². The lowest BCUT2D eigenvalue weighted by Crippen LogP contribution is -2.52. The molecule has 3 nitrogen and oxygen atoms in total. The van der Waals surface area contributed by atoms with Crippen LogP contribution in [0.1, 0.15) is 6.42 Å². The molecule has 1 N–H and O–H groups in total. The summed E-state index contributed by atoms with van der Waals surface area (Å²) < 4.78 is 6.34. The summed E-state index contributed by atoms with van der Waals surface area (Å²) in [5.74, 6) is 0. The minimum absolute atomic E-state index is 0.314. The molecule has 0 spiro atoms. The topological polar surface area (TPSA) is 29.5 Å². The number of quaternary nitrogens is 1. The van der Waals surface area contributed by atoms with Gasteiger partial charge in [-0.15, -0.1) is 0 Å². The van der Waals surface area contributed by atoms with Gasteiger partial charge in [0.15, 0.2) is 0 Å². The number of morpholine rings is 1. The fraction of sp³-hybridized carbons (Fsp3) is 1.00. The summed E-state index contributed by atoms with van der Waals surface area (Å²) in [6.07, 6.45) is 0.913. The third-order valence-electron chi connectivity index (χ3n) is 2.41. The van der Waals surface area contributed by atoms with Crippen molar-refractivity contribution in [2.75, 3.05) is 46.5 Å². The van der Waals surface area contributed by atoms with E-state index < -0.39 is 0 Å². The first-order valence-corrected chi connectivity index (χ1v) is 4.29. The van der Waals surface area contributed by atoms with Gasteiger partial charge in [-0.05, 0) is 0 Å². The molecule has 0 saturated carbocycles. The summed E-state index contributed by atoms with van der Waals surface area (Å²) >= 11 is 0. The van der Waals surface area contributed by atoms with Gasteiger partial charge in [-0.1, -0.05) is 0 Å². The van der Waals surface area contributed by atoms with Gasteiger partial charge < -0.3 is 14.3 Å². The standard InChI is InChI=1S/C8H18NO2/c1-9(3-2-6-10)4-7-11-8-5-9/h10H,2-8H2,1H3/q+1. The molecule has 1 aliphatic heterocycles. The zero-order valence-electron chi connectivity index (χ0n) is 7.25. The van der Waals surface area contributed by atoms with Crippen LogP contribution in [0.2, 0.25) is 0 Å². The van der Waals surface area contributed by atoms with E-state index in [0.29, 0.717) is 6.61 Å². The maximum Gasteiger partial charge on any atom is 0.102 e. The lowest BCUT2D eigenvalue weighted by molar-refractivity contribution is -0.917. The number of rotatable bonds is 3. The molecule has 0 aromatic carbocycles. The molecular formula is C8H18NO2+. The molecule has 0 bridgehead atoms. The van der Waals surface area contributed by atoms with Crippen molar-refractivity contribution in [3.8, 4) is 0 Å². The molecule has 0 radical (unpaired) electrons. The quantitative estimate of drug-likeness (QED) is 0.582. The highest BCUT2D eigenvalue weighted by atomic mass is 16.5. The minimum Gasteiger partial charge on any atom is -0.396 e. The summed E-state index contributed by atoms with van der Waals surface area (Å²) in [7, 11) is 2.23. The Balaban J connectivity index is 2.25. The molecule has 0 amide bonds. The molecule has 3 heteroatoms. The molecule has 1 fully saturated rings. The van der Waals surface area contributed by atoms with Crippen LogP contribution in [-0.2, 0) is 4.74 Å². The largest absolute Gasteiger partial charge is 0.396 e. The van der Waals surface area contributed by atoms with Gasteiger partial charge in [0.05, 0.1) is 26.8 Å². The van der Waals surface area contributed by atoms with Crippen molar-refractivity contribution in [2.24, 2.45) is 0 Å². The molecule has 66 valence electrons. The van der Waals surface area contributed by atoms with Gasteiger partial charge in [0.1, 0.15) is 13.1 Å². The highest BCUT2D eigenvalue weighted by Crippen LogP contribution is 2.07. The average molecular weight is 160 g/mol. The lowest BCUT2D eigenvalue weighted by Gasteiger charge is -2.37. The number of aliphatic hydroxyl groups excluding tert-OH is 1. The number of ether oxygens (including phenoxy) is 1. The van der Waals surface area contributed by atoms with Crippen LogP contribution in [0.4, 0.5) is 0 Å². The average Bonchev–Trinajstić information content (AvgIpc) is 2.03. The van der Waals surface area contributed by atoms with Gasteiger partial charge in [-0.3, -0.25) is 0 Å². The first-order chi connectivity index (χ1) is 5.27. The number of nitrogens with zero attached hydrogens (tertiary/aromatic N) is 1. The molecule has 1 rings (SSSR count). The number of aliphatic hydroxyl groups is 1. The monoisotopic (exact) mass is 160 g/mol. The zero-order valence-corrected chi connectivity index (χ0v) is 7.25. The fourth-order valence-corrected chi connectivity index (χ4v) is 1.46. The molecule has 1 saturated heterocycles. The normalized spacial score (nSPS) is 23.5. The second kappa shape index (κ2) is 4.04. The Labute approximate surface area is 68.2 Å². The second-order valence-corrected chi connectivity index (χ2v) is 3.48.